The molecule has 1 amide bonds. The van der Waals surface area contributed by atoms with Crippen LogP contribution < -0.4 is 20.3 Å². The third-order valence-electron chi connectivity index (χ3n) is 6.65. The van der Waals surface area contributed by atoms with Crippen LogP contribution in [-0.4, -0.2) is 47.0 Å². The highest BCUT2D eigenvalue weighted by Crippen LogP contribution is 2.27. The number of hydrogen-bond acceptors (Lipinski definition) is 7. The highest BCUT2D eigenvalue weighted by atomic mass is 16.5. The largest absolute Gasteiger partial charge is 0.438 e. The molecule has 2 aromatic carbocycles. The average Bonchev–Trinajstić information content (AvgIpc) is 2.91. The highest BCUT2D eigenvalue weighted by molar-refractivity contribution is 5.96. The standard InChI is InChI=1S/C29H32N6O2/c1-19-10-16-22(17-11-19)37-28-24(8-6-18-30-28)27(36)31-20-12-14-21(15-13-20)32-29-33-25-9-5-4-7-23(25)26(34-29)35(2)3/h4-11,16-18,20-21H,12-15H2,1-3H3,(H,31,36)(H,32,33,34)/t20-,21+. The number of para-hydroxylation sites is 1. The molecule has 4 aromatic rings. The molecule has 1 aliphatic rings. The molecule has 2 heterocycles. The number of aryl methyl sites for hydroxylation is 1. The number of pyridine rings is 1. The zero-order valence-corrected chi connectivity index (χ0v) is 21.4. The molecule has 37 heavy (non-hydrogen) atoms. The number of nitrogens with zero attached hydrogens (tertiary/aromatic N) is 4. The number of nitrogens with one attached hydrogen (secondary N) is 2. The van der Waals surface area contributed by atoms with Gasteiger partial charge in [0.2, 0.25) is 11.8 Å². The summed E-state index contributed by atoms with van der Waals surface area (Å²) in [6.07, 6.45) is 5.20. The summed E-state index contributed by atoms with van der Waals surface area (Å²) < 4.78 is 5.92. The van der Waals surface area contributed by atoms with Crippen LogP contribution in [0.2, 0.25) is 0 Å². The molecule has 1 saturated carbocycles. The van der Waals surface area contributed by atoms with Crippen molar-refractivity contribution in [1.29, 1.82) is 0 Å². The summed E-state index contributed by atoms with van der Waals surface area (Å²) in [5, 5.41) is 7.73. The molecule has 0 aliphatic heterocycles. The van der Waals surface area contributed by atoms with Gasteiger partial charge in [-0.3, -0.25) is 4.79 Å². The Labute approximate surface area is 217 Å². The maximum Gasteiger partial charge on any atom is 0.257 e. The van der Waals surface area contributed by atoms with Crippen molar-refractivity contribution in [2.24, 2.45) is 0 Å². The number of aromatic nitrogens is 3. The number of carbonyl (C=O) groups is 1. The van der Waals surface area contributed by atoms with Crippen molar-refractivity contribution in [1.82, 2.24) is 20.3 Å². The SMILES string of the molecule is Cc1ccc(Oc2ncccc2C(=O)N[C@H]2CC[C@@H](Nc3nc(N(C)C)c4ccccc4n3)CC2)cc1. The Hall–Kier alpha value is -4.20. The van der Waals surface area contributed by atoms with E-state index in [1.165, 1.54) is 0 Å². The summed E-state index contributed by atoms with van der Waals surface area (Å²) in [6, 6.07) is 19.6. The number of rotatable bonds is 7. The van der Waals surface area contributed by atoms with Crippen molar-refractivity contribution in [3.05, 3.63) is 78.0 Å². The number of benzene rings is 2. The van der Waals surface area contributed by atoms with Crippen LogP contribution in [0.5, 0.6) is 11.6 Å². The first-order valence-corrected chi connectivity index (χ1v) is 12.7. The van der Waals surface area contributed by atoms with E-state index < -0.39 is 0 Å². The lowest BCUT2D eigenvalue weighted by Gasteiger charge is -2.30. The Kier molecular flexibility index (Phi) is 7.16. The first-order chi connectivity index (χ1) is 18.0. The van der Waals surface area contributed by atoms with E-state index in [0.29, 0.717) is 23.1 Å². The molecule has 8 heteroatoms. The van der Waals surface area contributed by atoms with Gasteiger partial charge in [0.15, 0.2) is 0 Å². The fourth-order valence-corrected chi connectivity index (χ4v) is 4.66. The van der Waals surface area contributed by atoms with Crippen LogP contribution in [0.3, 0.4) is 0 Å². The number of anilines is 2. The third-order valence-corrected chi connectivity index (χ3v) is 6.65. The van der Waals surface area contributed by atoms with Gasteiger partial charge in [-0.1, -0.05) is 29.8 Å². The van der Waals surface area contributed by atoms with Gasteiger partial charge in [-0.25, -0.2) is 9.97 Å². The van der Waals surface area contributed by atoms with E-state index in [4.69, 9.17) is 14.7 Å². The second-order valence-electron chi connectivity index (χ2n) is 9.72. The minimum atomic E-state index is -0.167. The molecule has 0 atom stereocenters. The Morgan fingerprint density at radius 1 is 0.919 bits per heavy atom. The van der Waals surface area contributed by atoms with Gasteiger partial charge in [0.05, 0.1) is 5.52 Å². The monoisotopic (exact) mass is 496 g/mol. The molecule has 0 radical (unpaired) electrons. The zero-order chi connectivity index (χ0) is 25.8. The third kappa shape index (κ3) is 5.80. The molecule has 0 bridgehead atoms. The van der Waals surface area contributed by atoms with Gasteiger partial charge < -0.3 is 20.3 Å². The number of hydrogen-bond donors (Lipinski definition) is 2. The van der Waals surface area contributed by atoms with Gasteiger partial charge >= 0.3 is 0 Å². The van der Waals surface area contributed by atoms with Crippen LogP contribution in [0, 0.1) is 6.92 Å². The zero-order valence-electron chi connectivity index (χ0n) is 21.4. The molecule has 0 saturated heterocycles. The molecule has 2 aromatic heterocycles. The summed E-state index contributed by atoms with van der Waals surface area (Å²) in [4.78, 5) is 28.9. The number of ether oxygens (including phenoxy) is 1. The predicted octanol–water partition coefficient (Wildman–Crippen LogP) is 5.34. The molecule has 2 N–H and O–H groups in total. The van der Waals surface area contributed by atoms with Crippen molar-refractivity contribution < 1.29 is 9.53 Å². The summed E-state index contributed by atoms with van der Waals surface area (Å²) >= 11 is 0. The summed E-state index contributed by atoms with van der Waals surface area (Å²) in [7, 11) is 3.98. The van der Waals surface area contributed by atoms with E-state index in [0.717, 1.165) is 48.0 Å². The van der Waals surface area contributed by atoms with Crippen LogP contribution in [0.25, 0.3) is 10.9 Å². The number of amides is 1. The number of fused-ring (bicyclic) bond motifs is 1. The molecule has 8 nitrogen and oxygen atoms in total. The predicted molar refractivity (Wildman–Crippen MR) is 146 cm³/mol. The van der Waals surface area contributed by atoms with Crippen LogP contribution >= 0.6 is 0 Å². The minimum absolute atomic E-state index is 0.0906. The Bertz CT molecular complexity index is 1380. The normalized spacial score (nSPS) is 17.3. The second kappa shape index (κ2) is 10.8. The van der Waals surface area contributed by atoms with Crippen LogP contribution in [-0.2, 0) is 0 Å². The van der Waals surface area contributed by atoms with Gasteiger partial charge in [0, 0.05) is 37.8 Å². The minimum Gasteiger partial charge on any atom is -0.438 e. The first kappa shape index (κ1) is 24.5. The topological polar surface area (TPSA) is 92.3 Å². The average molecular weight is 497 g/mol. The van der Waals surface area contributed by atoms with Crippen molar-refractivity contribution in [3.63, 3.8) is 0 Å². The fraction of sp³-hybridized carbons (Fsp3) is 0.310. The maximum atomic E-state index is 13.1. The molecule has 190 valence electrons. The van der Waals surface area contributed by atoms with Gasteiger partial charge in [0.25, 0.3) is 5.91 Å². The fourth-order valence-electron chi connectivity index (χ4n) is 4.66. The van der Waals surface area contributed by atoms with E-state index >= 15 is 0 Å². The lowest BCUT2D eigenvalue weighted by atomic mass is 9.91. The van der Waals surface area contributed by atoms with Crippen LogP contribution in [0.1, 0.15) is 41.6 Å². The van der Waals surface area contributed by atoms with Crippen molar-refractivity contribution in [2.75, 3.05) is 24.3 Å². The van der Waals surface area contributed by atoms with Crippen molar-refractivity contribution >= 4 is 28.6 Å². The molecular weight excluding hydrogens is 464 g/mol. The van der Waals surface area contributed by atoms with E-state index in [1.807, 2.05) is 74.4 Å². The molecular formula is C29H32N6O2. The van der Waals surface area contributed by atoms with Crippen LogP contribution in [0.4, 0.5) is 11.8 Å². The van der Waals surface area contributed by atoms with Gasteiger partial charge in [-0.2, -0.15) is 4.98 Å². The number of carbonyl (C=O) groups excluding carboxylic acids is 1. The molecule has 0 spiro atoms. The van der Waals surface area contributed by atoms with Crippen molar-refractivity contribution in [3.8, 4) is 11.6 Å². The Morgan fingerprint density at radius 3 is 2.41 bits per heavy atom. The molecule has 5 rings (SSSR count). The van der Waals surface area contributed by atoms with E-state index in [1.54, 1.807) is 18.3 Å². The smallest absolute Gasteiger partial charge is 0.257 e. The second-order valence-corrected chi connectivity index (χ2v) is 9.72. The quantitative estimate of drug-likeness (QED) is 0.357. The lowest BCUT2D eigenvalue weighted by molar-refractivity contribution is 0.0923. The molecule has 0 unspecified atom stereocenters. The van der Waals surface area contributed by atoms with Gasteiger partial charge in [-0.15, -0.1) is 0 Å². The summed E-state index contributed by atoms with van der Waals surface area (Å²) in [5.41, 5.74) is 2.50. The molecule has 1 fully saturated rings. The Morgan fingerprint density at radius 2 is 1.65 bits per heavy atom. The van der Waals surface area contributed by atoms with Gasteiger partial charge in [-0.05, 0) is 69.0 Å². The van der Waals surface area contributed by atoms with E-state index in [2.05, 4.69) is 15.6 Å². The Balaban J connectivity index is 1.20. The summed E-state index contributed by atoms with van der Waals surface area (Å²) in [5.74, 6) is 2.33. The highest BCUT2D eigenvalue weighted by Gasteiger charge is 2.25. The maximum absolute atomic E-state index is 13.1. The van der Waals surface area contributed by atoms with Crippen LogP contribution in [0.15, 0.2) is 66.9 Å². The first-order valence-electron chi connectivity index (χ1n) is 12.7. The summed E-state index contributed by atoms with van der Waals surface area (Å²) in [6.45, 7) is 2.02. The van der Waals surface area contributed by atoms with Crippen molar-refractivity contribution in [2.45, 2.75) is 44.7 Å². The molecule has 1 aliphatic carbocycles. The lowest BCUT2D eigenvalue weighted by Crippen LogP contribution is -2.40. The van der Waals surface area contributed by atoms with Gasteiger partial charge in [0.1, 0.15) is 17.1 Å². The van der Waals surface area contributed by atoms with E-state index in [-0.39, 0.29) is 18.0 Å². The van der Waals surface area contributed by atoms with E-state index in [9.17, 15) is 4.79 Å².